The SMILES string of the molecule is CN(C)Cc1ccc(N2CCN(C(=O)CC3CCCCO3)CC2)nc1. The van der Waals surface area contributed by atoms with E-state index >= 15 is 0 Å². The number of ether oxygens (including phenoxy) is 1. The Labute approximate surface area is 150 Å². The minimum atomic E-state index is 0.130. The minimum Gasteiger partial charge on any atom is -0.378 e. The third kappa shape index (κ3) is 5.16. The average molecular weight is 346 g/mol. The molecule has 1 aromatic heterocycles. The molecule has 1 atom stereocenters. The van der Waals surface area contributed by atoms with Crippen molar-refractivity contribution in [1.29, 1.82) is 0 Å². The van der Waals surface area contributed by atoms with Crippen LogP contribution in [-0.4, -0.2) is 73.7 Å². The normalized spacial score (nSPS) is 21.6. The fourth-order valence-corrected chi connectivity index (χ4v) is 3.54. The molecule has 0 bridgehead atoms. The lowest BCUT2D eigenvalue weighted by Crippen LogP contribution is -2.49. The molecular weight excluding hydrogens is 316 g/mol. The Morgan fingerprint density at radius 2 is 2.04 bits per heavy atom. The van der Waals surface area contributed by atoms with Gasteiger partial charge in [-0.1, -0.05) is 6.07 Å². The van der Waals surface area contributed by atoms with Crippen molar-refractivity contribution in [3.63, 3.8) is 0 Å². The summed E-state index contributed by atoms with van der Waals surface area (Å²) in [7, 11) is 4.12. The highest BCUT2D eigenvalue weighted by atomic mass is 16.5. The number of aromatic nitrogens is 1. The van der Waals surface area contributed by atoms with Gasteiger partial charge < -0.3 is 19.4 Å². The van der Waals surface area contributed by atoms with Crippen LogP contribution in [0.15, 0.2) is 18.3 Å². The second-order valence-corrected chi connectivity index (χ2v) is 7.32. The number of hydrogen-bond donors (Lipinski definition) is 0. The summed E-state index contributed by atoms with van der Waals surface area (Å²) < 4.78 is 5.70. The first kappa shape index (κ1) is 18.1. The Bertz CT molecular complexity index is 547. The Kier molecular flexibility index (Phi) is 6.26. The predicted octanol–water partition coefficient (Wildman–Crippen LogP) is 1.75. The van der Waals surface area contributed by atoms with Gasteiger partial charge in [0.25, 0.3) is 0 Å². The van der Waals surface area contributed by atoms with E-state index in [2.05, 4.69) is 41.0 Å². The lowest BCUT2D eigenvalue weighted by molar-refractivity contribution is -0.135. The highest BCUT2D eigenvalue weighted by molar-refractivity contribution is 5.77. The number of rotatable bonds is 5. The number of amides is 1. The van der Waals surface area contributed by atoms with Crippen LogP contribution >= 0.6 is 0 Å². The molecule has 6 nitrogen and oxygen atoms in total. The van der Waals surface area contributed by atoms with Gasteiger partial charge in [0.15, 0.2) is 0 Å². The average Bonchev–Trinajstić information content (AvgIpc) is 2.63. The zero-order valence-corrected chi connectivity index (χ0v) is 15.5. The summed E-state index contributed by atoms with van der Waals surface area (Å²) in [4.78, 5) is 23.4. The third-order valence-electron chi connectivity index (χ3n) is 4.94. The first-order valence-electron chi connectivity index (χ1n) is 9.36. The molecule has 1 aromatic rings. The first-order chi connectivity index (χ1) is 12.1. The molecule has 6 heteroatoms. The molecule has 138 valence electrons. The Balaban J connectivity index is 1.47. The number of pyridine rings is 1. The molecule has 0 saturated carbocycles. The highest BCUT2D eigenvalue weighted by Gasteiger charge is 2.25. The second kappa shape index (κ2) is 8.63. The molecule has 1 amide bonds. The number of anilines is 1. The van der Waals surface area contributed by atoms with Crippen molar-refractivity contribution >= 4 is 11.7 Å². The highest BCUT2D eigenvalue weighted by Crippen LogP contribution is 2.19. The van der Waals surface area contributed by atoms with Crippen molar-refractivity contribution in [3.8, 4) is 0 Å². The summed E-state index contributed by atoms with van der Waals surface area (Å²) in [5, 5.41) is 0. The van der Waals surface area contributed by atoms with Gasteiger partial charge in [-0.25, -0.2) is 4.98 Å². The van der Waals surface area contributed by atoms with E-state index in [1.54, 1.807) is 0 Å². The van der Waals surface area contributed by atoms with Crippen LogP contribution in [0.5, 0.6) is 0 Å². The number of carbonyl (C=O) groups excluding carboxylic acids is 1. The minimum absolute atomic E-state index is 0.130. The number of hydrogen-bond acceptors (Lipinski definition) is 5. The standard InChI is InChI=1S/C19H30N4O2/c1-21(2)15-16-6-7-18(20-14-16)22-8-10-23(11-9-22)19(24)13-17-5-3-4-12-25-17/h6-7,14,17H,3-5,8-13,15H2,1-2H3. The van der Waals surface area contributed by atoms with E-state index in [9.17, 15) is 4.79 Å². The van der Waals surface area contributed by atoms with Crippen LogP contribution in [-0.2, 0) is 16.1 Å². The Hall–Kier alpha value is -1.66. The molecule has 2 aliphatic heterocycles. The van der Waals surface area contributed by atoms with Crippen LogP contribution in [0.4, 0.5) is 5.82 Å². The summed E-state index contributed by atoms with van der Waals surface area (Å²) in [6.45, 7) is 4.94. The van der Waals surface area contributed by atoms with Gasteiger partial charge in [0.1, 0.15) is 5.82 Å². The topological polar surface area (TPSA) is 48.9 Å². The van der Waals surface area contributed by atoms with Gasteiger partial charge in [-0.2, -0.15) is 0 Å². The lowest BCUT2D eigenvalue weighted by atomic mass is 10.1. The fraction of sp³-hybridized carbons (Fsp3) is 0.684. The van der Waals surface area contributed by atoms with E-state index in [1.807, 2.05) is 11.1 Å². The van der Waals surface area contributed by atoms with Crippen molar-refractivity contribution in [2.75, 3.05) is 51.8 Å². The Morgan fingerprint density at radius 3 is 2.64 bits per heavy atom. The van der Waals surface area contributed by atoms with Crippen molar-refractivity contribution in [3.05, 3.63) is 23.9 Å². The summed E-state index contributed by atoms with van der Waals surface area (Å²) in [6.07, 6.45) is 5.95. The van der Waals surface area contributed by atoms with E-state index in [0.717, 1.165) is 58.0 Å². The first-order valence-corrected chi connectivity index (χ1v) is 9.36. The molecule has 3 heterocycles. The van der Waals surface area contributed by atoms with Crippen LogP contribution in [0.1, 0.15) is 31.2 Å². The number of piperazine rings is 1. The molecule has 0 spiro atoms. The maximum Gasteiger partial charge on any atom is 0.225 e. The van der Waals surface area contributed by atoms with Gasteiger partial charge in [-0.05, 0) is 45.0 Å². The molecule has 0 aliphatic carbocycles. The van der Waals surface area contributed by atoms with Gasteiger partial charge >= 0.3 is 0 Å². The molecule has 2 fully saturated rings. The summed E-state index contributed by atoms with van der Waals surface area (Å²) >= 11 is 0. The lowest BCUT2D eigenvalue weighted by Gasteiger charge is -2.36. The largest absolute Gasteiger partial charge is 0.378 e. The van der Waals surface area contributed by atoms with E-state index in [0.29, 0.717) is 6.42 Å². The molecule has 2 saturated heterocycles. The number of carbonyl (C=O) groups is 1. The monoisotopic (exact) mass is 346 g/mol. The molecule has 3 rings (SSSR count). The van der Waals surface area contributed by atoms with Gasteiger partial charge in [-0.3, -0.25) is 4.79 Å². The molecule has 2 aliphatic rings. The van der Waals surface area contributed by atoms with Crippen molar-refractivity contribution in [2.45, 2.75) is 38.3 Å². The Morgan fingerprint density at radius 1 is 1.24 bits per heavy atom. The maximum atomic E-state index is 12.5. The van der Waals surface area contributed by atoms with E-state index in [1.165, 1.54) is 12.0 Å². The zero-order chi connectivity index (χ0) is 17.6. The van der Waals surface area contributed by atoms with Crippen molar-refractivity contribution in [1.82, 2.24) is 14.8 Å². The summed E-state index contributed by atoms with van der Waals surface area (Å²) in [5.74, 6) is 1.24. The maximum absolute atomic E-state index is 12.5. The fourth-order valence-electron chi connectivity index (χ4n) is 3.54. The van der Waals surface area contributed by atoms with E-state index in [4.69, 9.17) is 4.74 Å². The van der Waals surface area contributed by atoms with Crippen LogP contribution in [0.2, 0.25) is 0 Å². The second-order valence-electron chi connectivity index (χ2n) is 7.32. The van der Waals surface area contributed by atoms with Gasteiger partial charge in [0.05, 0.1) is 12.5 Å². The van der Waals surface area contributed by atoms with Crippen LogP contribution in [0.3, 0.4) is 0 Å². The van der Waals surface area contributed by atoms with Gasteiger partial charge in [-0.15, -0.1) is 0 Å². The van der Waals surface area contributed by atoms with E-state index in [-0.39, 0.29) is 12.0 Å². The molecule has 0 N–H and O–H groups in total. The zero-order valence-electron chi connectivity index (χ0n) is 15.5. The smallest absolute Gasteiger partial charge is 0.225 e. The summed E-state index contributed by atoms with van der Waals surface area (Å²) in [6, 6.07) is 4.23. The van der Waals surface area contributed by atoms with Crippen molar-refractivity contribution in [2.24, 2.45) is 0 Å². The third-order valence-corrected chi connectivity index (χ3v) is 4.94. The van der Waals surface area contributed by atoms with Crippen LogP contribution < -0.4 is 4.90 Å². The molecular formula is C19H30N4O2. The molecule has 0 radical (unpaired) electrons. The van der Waals surface area contributed by atoms with Crippen LogP contribution in [0, 0.1) is 0 Å². The molecule has 1 unspecified atom stereocenters. The van der Waals surface area contributed by atoms with Gasteiger partial charge in [0, 0.05) is 45.5 Å². The number of nitrogens with zero attached hydrogens (tertiary/aromatic N) is 4. The quantitative estimate of drug-likeness (QED) is 0.813. The molecule has 25 heavy (non-hydrogen) atoms. The van der Waals surface area contributed by atoms with Crippen molar-refractivity contribution < 1.29 is 9.53 Å². The molecule has 0 aromatic carbocycles. The van der Waals surface area contributed by atoms with E-state index < -0.39 is 0 Å². The predicted molar refractivity (Wildman–Crippen MR) is 98.6 cm³/mol. The van der Waals surface area contributed by atoms with Crippen LogP contribution in [0.25, 0.3) is 0 Å². The van der Waals surface area contributed by atoms with Gasteiger partial charge in [0.2, 0.25) is 5.91 Å². The summed E-state index contributed by atoms with van der Waals surface area (Å²) in [5.41, 5.74) is 1.22.